The van der Waals surface area contributed by atoms with E-state index in [1.54, 1.807) is 6.07 Å². The Bertz CT molecular complexity index is 983. The summed E-state index contributed by atoms with van der Waals surface area (Å²) < 4.78 is 11.0. The highest BCUT2D eigenvalue weighted by Crippen LogP contribution is 2.33. The molecule has 1 saturated heterocycles. The molecule has 2 aliphatic heterocycles. The fraction of sp³-hybridized carbons (Fsp3) is 0.625. The van der Waals surface area contributed by atoms with Gasteiger partial charge in [0.05, 0.1) is 30.9 Å². The maximum absolute atomic E-state index is 13.5. The Labute approximate surface area is 208 Å². The van der Waals surface area contributed by atoms with E-state index in [2.05, 4.69) is 4.98 Å². The first kappa shape index (κ1) is 25.7. The van der Waals surface area contributed by atoms with Gasteiger partial charge >= 0.3 is 6.09 Å². The number of hydroxylamine groups is 2. The van der Waals surface area contributed by atoms with E-state index in [1.807, 2.05) is 0 Å². The van der Waals surface area contributed by atoms with Gasteiger partial charge in [-0.3, -0.25) is 24.6 Å². The van der Waals surface area contributed by atoms with E-state index in [-0.39, 0.29) is 25.4 Å². The molecule has 12 nitrogen and oxygen atoms in total. The van der Waals surface area contributed by atoms with Crippen molar-refractivity contribution in [2.75, 3.05) is 26.3 Å². The Balaban J connectivity index is 1.49. The molecule has 1 saturated carbocycles. The van der Waals surface area contributed by atoms with Gasteiger partial charge in [-0.2, -0.15) is 0 Å². The minimum absolute atomic E-state index is 0.167. The Morgan fingerprint density at radius 1 is 1.14 bits per heavy atom. The highest BCUT2D eigenvalue weighted by Gasteiger charge is 2.41. The number of rotatable bonds is 9. The van der Waals surface area contributed by atoms with Crippen molar-refractivity contribution >= 4 is 24.3 Å². The highest BCUT2D eigenvalue weighted by molar-refractivity contribution is 5.97. The van der Waals surface area contributed by atoms with Gasteiger partial charge in [0, 0.05) is 12.6 Å². The van der Waals surface area contributed by atoms with Crippen LogP contribution < -0.4 is 9.47 Å². The largest absolute Gasteiger partial charge is 0.486 e. The number of carbonyl (C=O) groups excluding carboxylic acids is 3. The average molecular weight is 505 g/mol. The Hall–Kier alpha value is -3.41. The number of hydrogen-bond acceptors (Lipinski definition) is 8. The SMILES string of the molecule is O=CN(O)C[C@@H](CC1CCCC1)C(=O)N1CCC[C@H]1C(=O)N(Cc1cc2c(cn1)OCCO2)C(=O)O. The molecule has 2 atom stereocenters. The molecular formula is C24H32N4O8. The van der Waals surface area contributed by atoms with Crippen LogP contribution in [0.5, 0.6) is 11.5 Å². The molecule has 0 aromatic carbocycles. The van der Waals surface area contributed by atoms with Crippen LogP contribution in [0.25, 0.3) is 0 Å². The van der Waals surface area contributed by atoms with Crippen molar-refractivity contribution in [3.63, 3.8) is 0 Å². The van der Waals surface area contributed by atoms with Crippen molar-refractivity contribution < 1.29 is 39.0 Å². The van der Waals surface area contributed by atoms with Gasteiger partial charge in [0.15, 0.2) is 11.5 Å². The van der Waals surface area contributed by atoms with E-state index in [9.17, 15) is 29.5 Å². The molecule has 36 heavy (non-hydrogen) atoms. The fourth-order valence-electron chi connectivity index (χ4n) is 5.35. The first-order valence-corrected chi connectivity index (χ1v) is 12.4. The van der Waals surface area contributed by atoms with Gasteiger partial charge in [-0.25, -0.2) is 14.8 Å². The van der Waals surface area contributed by atoms with Gasteiger partial charge in [-0.15, -0.1) is 0 Å². The van der Waals surface area contributed by atoms with Crippen molar-refractivity contribution in [1.29, 1.82) is 0 Å². The number of nitrogens with zero attached hydrogens (tertiary/aromatic N) is 4. The summed E-state index contributed by atoms with van der Waals surface area (Å²) >= 11 is 0. The lowest BCUT2D eigenvalue weighted by atomic mass is 9.91. The number of carbonyl (C=O) groups is 4. The summed E-state index contributed by atoms with van der Waals surface area (Å²) in [5.74, 6) is -0.531. The van der Waals surface area contributed by atoms with E-state index in [4.69, 9.17) is 9.47 Å². The minimum atomic E-state index is -1.44. The third-order valence-corrected chi connectivity index (χ3v) is 7.10. The van der Waals surface area contributed by atoms with Crippen molar-refractivity contribution in [1.82, 2.24) is 19.8 Å². The molecular weight excluding hydrogens is 472 g/mol. The van der Waals surface area contributed by atoms with Crippen LogP contribution in [0, 0.1) is 11.8 Å². The molecule has 1 aliphatic carbocycles. The molecule has 2 N–H and O–H groups in total. The Kier molecular flexibility index (Phi) is 8.24. The molecule has 12 heteroatoms. The molecule has 1 aromatic heterocycles. The number of amides is 4. The summed E-state index contributed by atoms with van der Waals surface area (Å²) in [6.45, 7) is 0.583. The first-order chi connectivity index (χ1) is 17.4. The summed E-state index contributed by atoms with van der Waals surface area (Å²) in [5, 5.41) is 20.1. The fourth-order valence-corrected chi connectivity index (χ4v) is 5.35. The van der Waals surface area contributed by atoms with E-state index in [0.29, 0.717) is 72.1 Å². The smallest absolute Gasteiger partial charge is 0.414 e. The summed E-state index contributed by atoms with van der Waals surface area (Å²) in [4.78, 5) is 56.3. The summed E-state index contributed by atoms with van der Waals surface area (Å²) in [6.07, 6.45) is 5.74. The molecule has 2 fully saturated rings. The maximum atomic E-state index is 13.5. The van der Waals surface area contributed by atoms with Crippen LogP contribution in [-0.4, -0.2) is 86.8 Å². The number of likely N-dealkylation sites (tertiary alicyclic amines) is 1. The highest BCUT2D eigenvalue weighted by atomic mass is 16.6. The van der Waals surface area contributed by atoms with Crippen LogP contribution in [0.3, 0.4) is 0 Å². The zero-order chi connectivity index (χ0) is 25.7. The van der Waals surface area contributed by atoms with Crippen LogP contribution >= 0.6 is 0 Å². The van der Waals surface area contributed by atoms with Crippen LogP contribution in [0.15, 0.2) is 12.3 Å². The summed E-state index contributed by atoms with van der Waals surface area (Å²) in [6, 6.07) is 0.600. The van der Waals surface area contributed by atoms with Crippen LogP contribution in [0.2, 0.25) is 0 Å². The normalized spacial score (nSPS) is 20.1. The van der Waals surface area contributed by atoms with Gasteiger partial charge in [0.1, 0.15) is 19.3 Å². The standard InChI is InChI=1S/C24H32N4O8/c29-15-26(34)13-17(10-16-4-1-2-5-16)22(30)27-7-3-6-19(27)23(31)28(24(32)33)14-18-11-20-21(12-25-18)36-9-8-35-20/h11-12,15-17,19,34H,1-10,13-14H2,(H,32,33)/t17-,19+/m1/s1. The second kappa shape index (κ2) is 11.5. The lowest BCUT2D eigenvalue weighted by Gasteiger charge is -2.32. The Morgan fingerprint density at radius 2 is 1.86 bits per heavy atom. The van der Waals surface area contributed by atoms with Gasteiger partial charge in [0.25, 0.3) is 5.91 Å². The monoisotopic (exact) mass is 504 g/mol. The van der Waals surface area contributed by atoms with Gasteiger partial charge in [-0.05, 0) is 25.2 Å². The molecule has 0 unspecified atom stereocenters. The predicted molar refractivity (Wildman–Crippen MR) is 123 cm³/mol. The van der Waals surface area contributed by atoms with Crippen molar-refractivity contribution in [3.8, 4) is 11.5 Å². The summed E-state index contributed by atoms with van der Waals surface area (Å²) in [7, 11) is 0. The third-order valence-electron chi connectivity index (χ3n) is 7.10. The lowest BCUT2D eigenvalue weighted by Crippen LogP contribution is -2.51. The van der Waals surface area contributed by atoms with E-state index in [0.717, 1.165) is 25.7 Å². The molecule has 3 heterocycles. The van der Waals surface area contributed by atoms with Crippen molar-refractivity contribution in [2.45, 2.75) is 57.5 Å². The molecule has 4 amide bonds. The second-order valence-corrected chi connectivity index (χ2v) is 9.53. The van der Waals surface area contributed by atoms with Crippen LogP contribution in [0.4, 0.5) is 4.79 Å². The van der Waals surface area contributed by atoms with Crippen LogP contribution in [0.1, 0.15) is 50.6 Å². The topological polar surface area (TPSA) is 150 Å². The number of aromatic nitrogens is 1. The number of ether oxygens (including phenoxy) is 2. The lowest BCUT2D eigenvalue weighted by molar-refractivity contribution is -0.159. The van der Waals surface area contributed by atoms with Gasteiger partial charge in [0.2, 0.25) is 12.3 Å². The molecule has 4 rings (SSSR count). The van der Waals surface area contributed by atoms with E-state index in [1.165, 1.54) is 11.1 Å². The minimum Gasteiger partial charge on any atom is -0.486 e. The van der Waals surface area contributed by atoms with Gasteiger partial charge < -0.3 is 19.5 Å². The number of carboxylic acid groups (broad SMARTS) is 1. The summed E-state index contributed by atoms with van der Waals surface area (Å²) in [5.41, 5.74) is 0.312. The maximum Gasteiger partial charge on any atom is 0.414 e. The molecule has 1 aromatic rings. The van der Waals surface area contributed by atoms with E-state index < -0.39 is 24.0 Å². The van der Waals surface area contributed by atoms with Crippen molar-refractivity contribution in [2.24, 2.45) is 11.8 Å². The number of fused-ring (bicyclic) bond motifs is 1. The first-order valence-electron chi connectivity index (χ1n) is 12.4. The average Bonchev–Trinajstić information content (AvgIpc) is 3.58. The molecule has 196 valence electrons. The third kappa shape index (κ3) is 5.86. The second-order valence-electron chi connectivity index (χ2n) is 9.53. The number of hydrogen-bond donors (Lipinski definition) is 2. The molecule has 0 bridgehead atoms. The van der Waals surface area contributed by atoms with Gasteiger partial charge in [-0.1, -0.05) is 25.7 Å². The van der Waals surface area contributed by atoms with E-state index >= 15 is 0 Å². The number of pyridine rings is 1. The zero-order valence-electron chi connectivity index (χ0n) is 20.1. The van der Waals surface area contributed by atoms with Crippen molar-refractivity contribution in [3.05, 3.63) is 18.0 Å². The zero-order valence-corrected chi connectivity index (χ0v) is 20.1. The Morgan fingerprint density at radius 3 is 2.56 bits per heavy atom. The molecule has 0 spiro atoms. The predicted octanol–water partition coefficient (Wildman–Crippen LogP) is 1.89. The van der Waals surface area contributed by atoms with Crippen LogP contribution in [-0.2, 0) is 20.9 Å². The molecule has 0 radical (unpaired) electrons. The number of imide groups is 1. The molecule has 3 aliphatic rings. The quantitative estimate of drug-likeness (QED) is 0.292.